The van der Waals surface area contributed by atoms with Gasteiger partial charge in [-0.1, -0.05) is 115 Å². The first-order chi connectivity index (χ1) is 29.2. The van der Waals surface area contributed by atoms with E-state index in [-0.39, 0.29) is 0 Å². The van der Waals surface area contributed by atoms with Crippen molar-refractivity contribution in [2.45, 2.75) is 25.7 Å². The number of benzene rings is 9. The molecule has 3 aliphatic carbocycles. The zero-order valence-electron chi connectivity index (χ0n) is 32.5. The summed E-state index contributed by atoms with van der Waals surface area (Å²) >= 11 is 0. The van der Waals surface area contributed by atoms with Crippen LogP contribution in [0.25, 0.3) is 76.5 Å². The smallest absolute Gasteiger partial charge is 0.0540 e. The van der Waals surface area contributed by atoms with E-state index < -0.39 is 0 Å². The lowest BCUT2D eigenvalue weighted by Gasteiger charge is -2.31. The molecule has 0 atom stereocenters. The van der Waals surface area contributed by atoms with Gasteiger partial charge < -0.3 is 14.8 Å². The summed E-state index contributed by atoms with van der Waals surface area (Å²) in [6.45, 7) is 0. The Morgan fingerprint density at radius 3 is 1.93 bits per heavy atom. The highest BCUT2D eigenvalue weighted by atomic mass is 15.2. The van der Waals surface area contributed by atoms with Crippen molar-refractivity contribution in [1.82, 2.24) is 4.98 Å². The average Bonchev–Trinajstić information content (AvgIpc) is 3.66. The number of aromatic nitrogens is 1. The first-order valence-electron chi connectivity index (χ1n) is 20.9. The molecule has 1 heterocycles. The van der Waals surface area contributed by atoms with E-state index in [1.807, 2.05) is 0 Å². The Balaban J connectivity index is 1.01. The van der Waals surface area contributed by atoms with Crippen molar-refractivity contribution >= 4 is 105 Å². The van der Waals surface area contributed by atoms with Crippen LogP contribution >= 0.6 is 0 Å². The second kappa shape index (κ2) is 12.6. The van der Waals surface area contributed by atoms with E-state index in [1.165, 1.54) is 93.2 Å². The zero-order valence-corrected chi connectivity index (χ0v) is 32.5. The third-order valence-corrected chi connectivity index (χ3v) is 13.1. The predicted octanol–water partition coefficient (Wildman–Crippen LogP) is 15.6. The molecule has 0 saturated heterocycles. The number of para-hydroxylation sites is 1. The van der Waals surface area contributed by atoms with Crippen LogP contribution in [0.5, 0.6) is 0 Å². The van der Waals surface area contributed by atoms with Gasteiger partial charge in [0.05, 0.1) is 11.4 Å². The fourth-order valence-electron chi connectivity index (χ4n) is 10.5. The maximum Gasteiger partial charge on any atom is 0.0540 e. The number of rotatable bonds is 6. The molecule has 0 spiro atoms. The van der Waals surface area contributed by atoms with Crippen LogP contribution in [-0.2, 0) is 6.42 Å². The van der Waals surface area contributed by atoms with E-state index in [0.29, 0.717) is 0 Å². The summed E-state index contributed by atoms with van der Waals surface area (Å²) < 4.78 is 0. The second-order valence-corrected chi connectivity index (χ2v) is 16.4. The van der Waals surface area contributed by atoms with Gasteiger partial charge in [-0.25, -0.2) is 0 Å². The normalized spacial score (nSPS) is 14.6. The molecule has 3 heteroatoms. The van der Waals surface area contributed by atoms with Crippen LogP contribution in [-0.4, -0.2) is 4.98 Å². The Kier molecular flexibility index (Phi) is 6.97. The van der Waals surface area contributed by atoms with Crippen LogP contribution in [0.1, 0.15) is 36.0 Å². The molecule has 0 aliphatic heterocycles. The molecule has 0 saturated carbocycles. The van der Waals surface area contributed by atoms with Crippen LogP contribution in [0.4, 0.5) is 28.4 Å². The third kappa shape index (κ3) is 4.88. The highest BCUT2D eigenvalue weighted by Crippen LogP contribution is 2.48. The molecule has 1 aromatic heterocycles. The number of aromatic amines is 1. The van der Waals surface area contributed by atoms with Crippen molar-refractivity contribution in [3.8, 4) is 0 Å². The van der Waals surface area contributed by atoms with Gasteiger partial charge in [0.1, 0.15) is 0 Å². The Morgan fingerprint density at radius 1 is 0.441 bits per heavy atom. The lowest BCUT2D eigenvalue weighted by Crippen LogP contribution is -2.17. The molecule has 278 valence electrons. The lowest BCUT2D eigenvalue weighted by atomic mass is 9.81. The van der Waals surface area contributed by atoms with Gasteiger partial charge in [-0.3, -0.25) is 0 Å². The molecule has 1 N–H and O–H groups in total. The van der Waals surface area contributed by atoms with Gasteiger partial charge in [-0.05, 0) is 147 Å². The molecule has 0 radical (unpaired) electrons. The Bertz CT molecular complexity index is 3490. The predicted molar refractivity (Wildman–Crippen MR) is 252 cm³/mol. The van der Waals surface area contributed by atoms with Gasteiger partial charge >= 0.3 is 0 Å². The van der Waals surface area contributed by atoms with Gasteiger partial charge in [0.15, 0.2) is 0 Å². The SMILES string of the molecule is C1=CC(N(c2ccc3[nH]c4ccc(N(c5ccccc5)c5ccc6ccc7cccc8ccc5c6c78)cc4c3c2)c2ccc3c4c5c(ccc24)C=CCC5=CC3)=CCC1. The molecular formula is C56H39N3. The summed E-state index contributed by atoms with van der Waals surface area (Å²) in [5.74, 6) is 0. The van der Waals surface area contributed by atoms with Crippen molar-refractivity contribution in [1.29, 1.82) is 0 Å². The third-order valence-electron chi connectivity index (χ3n) is 13.1. The number of nitrogens with one attached hydrogen (secondary N) is 1. The van der Waals surface area contributed by atoms with Crippen molar-refractivity contribution in [2.24, 2.45) is 0 Å². The lowest BCUT2D eigenvalue weighted by molar-refractivity contribution is 0.998. The summed E-state index contributed by atoms with van der Waals surface area (Å²) in [6, 6.07) is 54.5. The minimum absolute atomic E-state index is 0.983. The molecule has 3 aliphatic rings. The van der Waals surface area contributed by atoms with Gasteiger partial charge in [0.2, 0.25) is 0 Å². The molecule has 0 fully saturated rings. The zero-order chi connectivity index (χ0) is 38.6. The largest absolute Gasteiger partial charge is 0.355 e. The van der Waals surface area contributed by atoms with E-state index in [4.69, 9.17) is 0 Å². The highest BCUT2D eigenvalue weighted by molar-refractivity contribution is 6.26. The molecule has 0 amide bonds. The van der Waals surface area contributed by atoms with Crippen molar-refractivity contribution in [3.63, 3.8) is 0 Å². The van der Waals surface area contributed by atoms with Crippen molar-refractivity contribution in [2.75, 3.05) is 9.80 Å². The Hall–Kier alpha value is -7.36. The number of anilines is 5. The summed E-state index contributed by atoms with van der Waals surface area (Å²) in [5, 5.41) is 12.9. The van der Waals surface area contributed by atoms with Gasteiger partial charge in [-0.2, -0.15) is 0 Å². The first-order valence-corrected chi connectivity index (χ1v) is 20.9. The topological polar surface area (TPSA) is 22.3 Å². The van der Waals surface area contributed by atoms with Crippen LogP contribution in [0.15, 0.2) is 182 Å². The molecule has 3 nitrogen and oxygen atoms in total. The standard InChI is InChI=1S/C56H39N3/c1-3-13-41(14-4-1)58(51-31-23-39-19-17-35-9-7-11-37-21-27-45(51)55(39)53(35)37)43-25-29-49-47(33-43)48-34-44(26-30-50(48)57-49)59(42-15-5-2-6-16-42)52-32-24-40-20-18-36-10-8-12-38-22-28-46(52)56(40)54(36)38/h1,3-5,7-9,11-19,21-34,57H,2,6,10,20H2. The molecule has 13 rings (SSSR count). The highest BCUT2D eigenvalue weighted by Gasteiger charge is 2.25. The number of nitrogens with zero attached hydrogens (tertiary/aromatic N) is 2. The maximum absolute atomic E-state index is 3.78. The quantitative estimate of drug-likeness (QED) is 0.171. The van der Waals surface area contributed by atoms with Gasteiger partial charge in [-0.15, -0.1) is 0 Å². The molecular weight excluding hydrogens is 715 g/mol. The van der Waals surface area contributed by atoms with E-state index in [2.05, 4.69) is 197 Å². The van der Waals surface area contributed by atoms with Gasteiger partial charge in [0, 0.05) is 55.3 Å². The molecule has 9 aromatic carbocycles. The van der Waals surface area contributed by atoms with Crippen molar-refractivity contribution < 1.29 is 0 Å². The Morgan fingerprint density at radius 2 is 1.14 bits per heavy atom. The monoisotopic (exact) mass is 753 g/mol. The van der Waals surface area contributed by atoms with Crippen molar-refractivity contribution in [3.05, 3.63) is 198 Å². The minimum Gasteiger partial charge on any atom is -0.355 e. The van der Waals surface area contributed by atoms with E-state index in [0.717, 1.165) is 53.8 Å². The fraction of sp³-hybridized carbons (Fsp3) is 0.0714. The maximum atomic E-state index is 3.78. The molecule has 59 heavy (non-hydrogen) atoms. The molecule has 10 aromatic rings. The van der Waals surface area contributed by atoms with E-state index in [1.54, 1.807) is 0 Å². The number of hydrogen-bond donors (Lipinski definition) is 1. The van der Waals surface area contributed by atoms with E-state index >= 15 is 0 Å². The number of fused-ring (bicyclic) bond motifs is 3. The molecule has 0 bridgehead atoms. The summed E-state index contributed by atoms with van der Waals surface area (Å²) in [7, 11) is 0. The first kappa shape index (κ1) is 32.7. The fourth-order valence-corrected chi connectivity index (χ4v) is 10.5. The molecule has 0 unspecified atom stereocenters. The van der Waals surface area contributed by atoms with Gasteiger partial charge in [0.25, 0.3) is 0 Å². The summed E-state index contributed by atoms with van der Waals surface area (Å²) in [4.78, 5) is 8.72. The second-order valence-electron chi connectivity index (χ2n) is 16.4. The van der Waals surface area contributed by atoms with Crippen LogP contribution in [0, 0.1) is 0 Å². The van der Waals surface area contributed by atoms with Crippen LogP contribution < -0.4 is 9.80 Å². The van der Waals surface area contributed by atoms with Crippen LogP contribution in [0.2, 0.25) is 0 Å². The Labute approximate surface area is 342 Å². The summed E-state index contributed by atoms with van der Waals surface area (Å²) in [5.41, 5.74) is 14.9. The van der Waals surface area contributed by atoms with E-state index in [9.17, 15) is 0 Å². The minimum atomic E-state index is 0.983. The number of hydrogen-bond acceptors (Lipinski definition) is 2. The number of H-pyrrole nitrogens is 1. The average molecular weight is 754 g/mol. The summed E-state index contributed by atoms with van der Waals surface area (Å²) in [6.07, 6.45) is 18.2. The number of allylic oxidation sites excluding steroid dienone is 6. The van der Waals surface area contributed by atoms with Crippen LogP contribution in [0.3, 0.4) is 0 Å².